The molecule has 3 N–H and O–H groups in total. The number of nitrogens with one attached hydrogen (secondary N) is 2. The highest BCUT2D eigenvalue weighted by molar-refractivity contribution is 5.78. The largest absolute Gasteiger partial charge is 0.491 e. The summed E-state index contributed by atoms with van der Waals surface area (Å²) in [6.45, 7) is 1.23. The van der Waals surface area contributed by atoms with E-state index in [1.54, 1.807) is 24.3 Å². The Morgan fingerprint density at radius 1 is 1.48 bits per heavy atom. The molecule has 1 amide bonds. The lowest BCUT2D eigenvalue weighted by molar-refractivity contribution is -0.119. The Labute approximate surface area is 123 Å². The maximum Gasteiger partial charge on any atom is 0.220 e. The molecule has 1 aromatic rings. The van der Waals surface area contributed by atoms with Crippen molar-refractivity contribution in [3.63, 3.8) is 0 Å². The summed E-state index contributed by atoms with van der Waals surface area (Å²) in [4.78, 5) is 11.0. The summed E-state index contributed by atoms with van der Waals surface area (Å²) in [5.74, 6) is 0.711. The number of carbonyl (C=O) groups excluding carboxylic acids is 1. The van der Waals surface area contributed by atoms with Crippen LogP contribution in [-0.2, 0) is 4.79 Å². The molecule has 2 rings (SSSR count). The number of rotatable bonds is 7. The minimum Gasteiger partial charge on any atom is -0.491 e. The molecule has 112 valence electrons. The molecule has 1 aliphatic heterocycles. The Morgan fingerprint density at radius 3 is 2.86 bits per heavy atom. The van der Waals surface area contributed by atoms with Crippen LogP contribution < -0.4 is 15.4 Å². The summed E-state index contributed by atoms with van der Waals surface area (Å²) >= 11 is 0. The fourth-order valence-electron chi connectivity index (χ4n) is 2.13. The maximum atomic E-state index is 11.0. The van der Waals surface area contributed by atoms with Crippen LogP contribution in [-0.4, -0.2) is 42.9 Å². The van der Waals surface area contributed by atoms with Gasteiger partial charge in [0.05, 0.1) is 11.6 Å². The molecule has 21 heavy (non-hydrogen) atoms. The lowest BCUT2D eigenvalue weighted by Crippen LogP contribution is -2.40. The zero-order chi connectivity index (χ0) is 15.1. The standard InChI is InChI=1S/C15H19N3O3/c16-7-11-1-4-14(5-2-11)21-10-13(19)9-17-8-12-3-6-15(20)18-12/h1-2,4-5,12-13,17,19H,3,6,8-10H2,(H,18,20). The number of hydrogen-bond acceptors (Lipinski definition) is 5. The van der Waals surface area contributed by atoms with E-state index >= 15 is 0 Å². The van der Waals surface area contributed by atoms with E-state index in [0.29, 0.717) is 30.8 Å². The molecule has 1 saturated heterocycles. The first-order valence-corrected chi connectivity index (χ1v) is 6.98. The number of ether oxygens (including phenoxy) is 1. The SMILES string of the molecule is N#Cc1ccc(OCC(O)CNCC2CCC(=O)N2)cc1. The van der Waals surface area contributed by atoms with Crippen molar-refractivity contribution in [2.24, 2.45) is 0 Å². The third-order valence-electron chi connectivity index (χ3n) is 3.28. The zero-order valence-corrected chi connectivity index (χ0v) is 11.7. The minimum absolute atomic E-state index is 0.0893. The van der Waals surface area contributed by atoms with E-state index in [1.807, 2.05) is 6.07 Å². The minimum atomic E-state index is -0.627. The highest BCUT2D eigenvalue weighted by atomic mass is 16.5. The van der Waals surface area contributed by atoms with Crippen LogP contribution >= 0.6 is 0 Å². The van der Waals surface area contributed by atoms with E-state index < -0.39 is 6.10 Å². The van der Waals surface area contributed by atoms with Gasteiger partial charge in [-0.05, 0) is 30.7 Å². The summed E-state index contributed by atoms with van der Waals surface area (Å²) in [5, 5.41) is 24.5. The van der Waals surface area contributed by atoms with Crippen LogP contribution in [0.4, 0.5) is 0 Å². The molecule has 6 heteroatoms. The van der Waals surface area contributed by atoms with Gasteiger partial charge in [0.1, 0.15) is 18.5 Å². The van der Waals surface area contributed by atoms with E-state index in [0.717, 1.165) is 6.42 Å². The molecule has 0 spiro atoms. The molecule has 0 saturated carbocycles. The smallest absolute Gasteiger partial charge is 0.220 e. The Morgan fingerprint density at radius 2 is 2.24 bits per heavy atom. The average Bonchev–Trinajstić information content (AvgIpc) is 2.91. The zero-order valence-electron chi connectivity index (χ0n) is 11.7. The molecule has 1 fully saturated rings. The van der Waals surface area contributed by atoms with Crippen LogP contribution in [0.1, 0.15) is 18.4 Å². The quantitative estimate of drug-likeness (QED) is 0.665. The molecule has 0 aromatic heterocycles. The first-order chi connectivity index (χ1) is 10.2. The van der Waals surface area contributed by atoms with Crippen LogP contribution in [0.5, 0.6) is 5.75 Å². The van der Waals surface area contributed by atoms with Gasteiger partial charge in [0.15, 0.2) is 0 Å². The number of carbonyl (C=O) groups is 1. The molecule has 0 bridgehead atoms. The monoisotopic (exact) mass is 289 g/mol. The molecule has 2 atom stereocenters. The summed E-state index contributed by atoms with van der Waals surface area (Å²) in [6, 6.07) is 8.93. The molecular weight excluding hydrogens is 270 g/mol. The Bertz CT molecular complexity index is 510. The van der Waals surface area contributed by atoms with Crippen LogP contribution in [0.2, 0.25) is 0 Å². The first-order valence-electron chi connectivity index (χ1n) is 6.98. The number of aliphatic hydroxyl groups is 1. The predicted molar refractivity (Wildman–Crippen MR) is 76.7 cm³/mol. The van der Waals surface area contributed by atoms with Gasteiger partial charge in [-0.15, -0.1) is 0 Å². The van der Waals surface area contributed by atoms with Crippen LogP contribution in [0.15, 0.2) is 24.3 Å². The van der Waals surface area contributed by atoms with Crippen molar-refractivity contribution in [1.82, 2.24) is 10.6 Å². The van der Waals surface area contributed by atoms with Crippen LogP contribution in [0, 0.1) is 11.3 Å². The van der Waals surface area contributed by atoms with Crippen molar-refractivity contribution in [3.8, 4) is 11.8 Å². The lowest BCUT2D eigenvalue weighted by Gasteiger charge is -2.15. The van der Waals surface area contributed by atoms with Gasteiger partial charge in [0.25, 0.3) is 0 Å². The van der Waals surface area contributed by atoms with E-state index in [-0.39, 0.29) is 18.6 Å². The molecule has 0 aliphatic carbocycles. The van der Waals surface area contributed by atoms with Crippen molar-refractivity contribution in [1.29, 1.82) is 5.26 Å². The summed E-state index contributed by atoms with van der Waals surface area (Å²) in [7, 11) is 0. The van der Waals surface area contributed by atoms with E-state index in [9.17, 15) is 9.90 Å². The number of hydrogen-bond donors (Lipinski definition) is 3. The molecule has 0 radical (unpaired) electrons. The highest BCUT2D eigenvalue weighted by Crippen LogP contribution is 2.11. The van der Waals surface area contributed by atoms with E-state index in [2.05, 4.69) is 10.6 Å². The summed E-state index contributed by atoms with van der Waals surface area (Å²) < 4.78 is 5.44. The second-order valence-electron chi connectivity index (χ2n) is 5.06. The molecule has 1 aliphatic rings. The Balaban J connectivity index is 1.61. The van der Waals surface area contributed by atoms with E-state index in [4.69, 9.17) is 10.00 Å². The van der Waals surface area contributed by atoms with Gasteiger partial charge in [0.2, 0.25) is 5.91 Å². The Kier molecular flexibility index (Phi) is 5.55. The van der Waals surface area contributed by atoms with Crippen LogP contribution in [0.3, 0.4) is 0 Å². The second kappa shape index (κ2) is 7.62. The van der Waals surface area contributed by atoms with Gasteiger partial charge in [0, 0.05) is 25.6 Å². The van der Waals surface area contributed by atoms with Gasteiger partial charge < -0.3 is 20.5 Å². The fourth-order valence-corrected chi connectivity index (χ4v) is 2.13. The van der Waals surface area contributed by atoms with Gasteiger partial charge >= 0.3 is 0 Å². The molecular formula is C15H19N3O3. The van der Waals surface area contributed by atoms with Gasteiger partial charge in [-0.3, -0.25) is 4.79 Å². The van der Waals surface area contributed by atoms with Crippen LogP contribution in [0.25, 0.3) is 0 Å². The second-order valence-corrected chi connectivity index (χ2v) is 5.06. The molecule has 1 aromatic carbocycles. The summed E-state index contributed by atoms with van der Waals surface area (Å²) in [6.07, 6.45) is 0.790. The van der Waals surface area contributed by atoms with Gasteiger partial charge in [-0.25, -0.2) is 0 Å². The molecule has 6 nitrogen and oxygen atoms in total. The highest BCUT2D eigenvalue weighted by Gasteiger charge is 2.20. The molecule has 2 unspecified atom stereocenters. The number of nitrogens with zero attached hydrogens (tertiary/aromatic N) is 1. The lowest BCUT2D eigenvalue weighted by atomic mass is 10.2. The summed E-state index contributed by atoms with van der Waals surface area (Å²) in [5.41, 5.74) is 0.572. The van der Waals surface area contributed by atoms with E-state index in [1.165, 1.54) is 0 Å². The van der Waals surface area contributed by atoms with Crippen molar-refractivity contribution in [2.45, 2.75) is 25.0 Å². The number of nitriles is 1. The van der Waals surface area contributed by atoms with Crippen molar-refractivity contribution in [3.05, 3.63) is 29.8 Å². The molecule has 1 heterocycles. The normalized spacial score (nSPS) is 18.9. The van der Waals surface area contributed by atoms with Crippen molar-refractivity contribution in [2.75, 3.05) is 19.7 Å². The predicted octanol–water partition coefficient (Wildman–Crippen LogP) is 0.166. The average molecular weight is 289 g/mol. The van der Waals surface area contributed by atoms with Gasteiger partial charge in [-0.2, -0.15) is 5.26 Å². The third kappa shape index (κ3) is 5.06. The fraction of sp³-hybridized carbons (Fsp3) is 0.467. The topological polar surface area (TPSA) is 94.4 Å². The van der Waals surface area contributed by atoms with Crippen molar-refractivity contribution < 1.29 is 14.6 Å². The number of amides is 1. The van der Waals surface area contributed by atoms with Crippen molar-refractivity contribution >= 4 is 5.91 Å². The third-order valence-corrected chi connectivity index (χ3v) is 3.28. The maximum absolute atomic E-state index is 11.0. The number of benzene rings is 1. The first kappa shape index (κ1) is 15.3. The number of aliphatic hydroxyl groups excluding tert-OH is 1. The Hall–Kier alpha value is -2.10. The van der Waals surface area contributed by atoms with Gasteiger partial charge in [-0.1, -0.05) is 0 Å².